The van der Waals surface area contributed by atoms with Gasteiger partial charge in [0.1, 0.15) is 5.82 Å². The number of hydrogen-bond donors (Lipinski definition) is 2. The number of methoxy groups -OCH3 is 1. The number of anilines is 1. The molecular formula is C15H21N3O3. The fourth-order valence-electron chi connectivity index (χ4n) is 3.38. The summed E-state index contributed by atoms with van der Waals surface area (Å²) in [6.07, 6.45) is 2.88. The van der Waals surface area contributed by atoms with Gasteiger partial charge in [-0.05, 0) is 18.6 Å². The number of carbonyl (C=O) groups excluding carboxylic acids is 1. The van der Waals surface area contributed by atoms with E-state index >= 15 is 0 Å². The molecule has 6 heteroatoms. The van der Waals surface area contributed by atoms with Gasteiger partial charge in [0.15, 0.2) is 0 Å². The summed E-state index contributed by atoms with van der Waals surface area (Å²) in [7, 11) is 3.47. The van der Waals surface area contributed by atoms with Crippen LogP contribution in [0.5, 0.6) is 0 Å². The van der Waals surface area contributed by atoms with Crippen molar-refractivity contribution < 1.29 is 14.3 Å². The molecule has 0 radical (unpaired) electrons. The van der Waals surface area contributed by atoms with Crippen molar-refractivity contribution >= 4 is 11.7 Å². The first-order valence-corrected chi connectivity index (χ1v) is 7.30. The van der Waals surface area contributed by atoms with Crippen LogP contribution in [0.15, 0.2) is 18.3 Å². The van der Waals surface area contributed by atoms with Gasteiger partial charge in [-0.1, -0.05) is 0 Å². The van der Waals surface area contributed by atoms with Crippen LogP contribution in [-0.2, 0) is 9.47 Å². The van der Waals surface area contributed by atoms with Gasteiger partial charge in [0.25, 0.3) is 5.91 Å². The summed E-state index contributed by atoms with van der Waals surface area (Å²) in [6, 6.07) is 3.61. The van der Waals surface area contributed by atoms with E-state index in [0.717, 1.165) is 13.0 Å². The molecule has 1 aromatic rings. The van der Waals surface area contributed by atoms with Crippen molar-refractivity contribution in [1.82, 2.24) is 10.3 Å². The number of rotatable bonds is 5. The Balaban J connectivity index is 1.68. The van der Waals surface area contributed by atoms with E-state index in [0.29, 0.717) is 23.9 Å². The van der Waals surface area contributed by atoms with E-state index in [4.69, 9.17) is 9.47 Å². The number of amides is 1. The van der Waals surface area contributed by atoms with Crippen molar-refractivity contribution in [3.63, 3.8) is 0 Å². The second kappa shape index (κ2) is 5.99. The Hall–Kier alpha value is -1.66. The van der Waals surface area contributed by atoms with Crippen LogP contribution in [-0.4, -0.2) is 50.4 Å². The minimum atomic E-state index is -0.0645. The van der Waals surface area contributed by atoms with E-state index in [1.807, 2.05) is 0 Å². The van der Waals surface area contributed by atoms with Crippen molar-refractivity contribution in [2.24, 2.45) is 11.8 Å². The molecular weight excluding hydrogens is 270 g/mol. The van der Waals surface area contributed by atoms with Crippen LogP contribution in [0.2, 0.25) is 0 Å². The number of fused-ring (bicyclic) bond motifs is 1. The van der Waals surface area contributed by atoms with Crippen LogP contribution < -0.4 is 10.6 Å². The number of aromatic nitrogens is 1. The summed E-state index contributed by atoms with van der Waals surface area (Å²) < 4.78 is 11.0. The third kappa shape index (κ3) is 2.61. The van der Waals surface area contributed by atoms with Gasteiger partial charge in [0.05, 0.1) is 12.7 Å². The summed E-state index contributed by atoms with van der Waals surface area (Å²) in [4.78, 5) is 16.5. The van der Waals surface area contributed by atoms with Gasteiger partial charge in [0, 0.05) is 50.4 Å². The Labute approximate surface area is 124 Å². The Bertz CT molecular complexity index is 523. The summed E-state index contributed by atoms with van der Waals surface area (Å²) in [5.41, 5.74) is 0.618. The molecule has 2 aliphatic rings. The SMILES string of the molecule is CNc1cc(C(=O)N[C@H]2[C@@H](COC)[C@H]3OCC[C@@H]23)ccn1. The highest BCUT2D eigenvalue weighted by Gasteiger charge is 2.54. The van der Waals surface area contributed by atoms with Gasteiger partial charge in [-0.3, -0.25) is 4.79 Å². The normalized spacial score (nSPS) is 30.4. The van der Waals surface area contributed by atoms with Gasteiger partial charge in [-0.2, -0.15) is 0 Å². The Morgan fingerprint density at radius 3 is 3.19 bits per heavy atom. The standard InChI is InChI=1S/C15H21N3O3/c1-16-12-7-9(3-5-17-12)15(19)18-13-10-4-6-21-14(10)11(13)8-20-2/h3,5,7,10-11,13-14H,4,6,8H2,1-2H3,(H,16,17)(H,18,19)/t10-,11+,13+,14-/m0/s1. The van der Waals surface area contributed by atoms with E-state index < -0.39 is 0 Å². The predicted octanol–water partition coefficient (Wildman–Crippen LogP) is 0.903. The average molecular weight is 291 g/mol. The molecule has 114 valence electrons. The number of carbonyl (C=O) groups is 1. The smallest absolute Gasteiger partial charge is 0.251 e. The van der Waals surface area contributed by atoms with Crippen LogP contribution in [0.25, 0.3) is 0 Å². The minimum absolute atomic E-state index is 0.0645. The first-order valence-electron chi connectivity index (χ1n) is 7.30. The van der Waals surface area contributed by atoms with Crippen LogP contribution >= 0.6 is 0 Å². The second-order valence-corrected chi connectivity index (χ2v) is 5.59. The molecule has 21 heavy (non-hydrogen) atoms. The topological polar surface area (TPSA) is 72.5 Å². The van der Waals surface area contributed by atoms with Crippen LogP contribution in [0.4, 0.5) is 5.82 Å². The highest BCUT2D eigenvalue weighted by Crippen LogP contribution is 2.43. The van der Waals surface area contributed by atoms with Crippen molar-refractivity contribution in [1.29, 1.82) is 0 Å². The molecule has 1 saturated heterocycles. The maximum absolute atomic E-state index is 12.4. The maximum atomic E-state index is 12.4. The zero-order valence-corrected chi connectivity index (χ0v) is 12.3. The number of nitrogens with one attached hydrogen (secondary N) is 2. The molecule has 0 aromatic carbocycles. The fourth-order valence-corrected chi connectivity index (χ4v) is 3.38. The first kappa shape index (κ1) is 14.3. The summed E-state index contributed by atoms with van der Waals surface area (Å²) in [5.74, 6) is 1.29. The molecule has 2 N–H and O–H groups in total. The molecule has 3 rings (SSSR count). The number of hydrogen-bond acceptors (Lipinski definition) is 5. The minimum Gasteiger partial charge on any atom is -0.384 e. The van der Waals surface area contributed by atoms with E-state index in [9.17, 15) is 4.79 Å². The molecule has 6 nitrogen and oxygen atoms in total. The van der Waals surface area contributed by atoms with Crippen LogP contribution in [0, 0.1) is 11.8 Å². The molecule has 1 aliphatic carbocycles. The lowest BCUT2D eigenvalue weighted by atomic mass is 9.67. The van der Waals surface area contributed by atoms with Crippen molar-refractivity contribution in [3.8, 4) is 0 Å². The van der Waals surface area contributed by atoms with Gasteiger partial charge in [0.2, 0.25) is 0 Å². The van der Waals surface area contributed by atoms with E-state index in [-0.39, 0.29) is 24.0 Å². The molecule has 0 bridgehead atoms. The van der Waals surface area contributed by atoms with Gasteiger partial charge >= 0.3 is 0 Å². The Kier molecular flexibility index (Phi) is 4.07. The van der Waals surface area contributed by atoms with Crippen molar-refractivity contribution in [3.05, 3.63) is 23.9 Å². The third-order valence-corrected chi connectivity index (χ3v) is 4.46. The molecule has 1 aromatic heterocycles. The zero-order valence-electron chi connectivity index (χ0n) is 12.3. The quantitative estimate of drug-likeness (QED) is 0.843. The molecule has 0 unspecified atom stereocenters. The molecule has 2 fully saturated rings. The molecule has 4 atom stereocenters. The molecule has 1 aliphatic heterocycles. The lowest BCUT2D eigenvalue weighted by Gasteiger charge is -2.47. The monoisotopic (exact) mass is 291 g/mol. The summed E-state index contributed by atoms with van der Waals surface area (Å²) >= 11 is 0. The predicted molar refractivity (Wildman–Crippen MR) is 78.3 cm³/mol. The fraction of sp³-hybridized carbons (Fsp3) is 0.600. The first-order chi connectivity index (χ1) is 10.2. The number of pyridine rings is 1. The maximum Gasteiger partial charge on any atom is 0.251 e. The van der Waals surface area contributed by atoms with Gasteiger partial charge in [-0.15, -0.1) is 0 Å². The lowest BCUT2D eigenvalue weighted by Crippen LogP contribution is -2.62. The van der Waals surface area contributed by atoms with Crippen molar-refractivity contribution in [2.45, 2.75) is 18.6 Å². The van der Waals surface area contributed by atoms with E-state index in [2.05, 4.69) is 15.6 Å². The third-order valence-electron chi connectivity index (χ3n) is 4.46. The lowest BCUT2D eigenvalue weighted by molar-refractivity contribution is -0.0809. The van der Waals surface area contributed by atoms with Crippen LogP contribution in [0.1, 0.15) is 16.8 Å². The summed E-state index contributed by atoms with van der Waals surface area (Å²) in [6.45, 7) is 1.39. The van der Waals surface area contributed by atoms with Crippen molar-refractivity contribution in [2.75, 3.05) is 32.7 Å². The van der Waals surface area contributed by atoms with E-state index in [1.165, 1.54) is 0 Å². The van der Waals surface area contributed by atoms with Crippen LogP contribution in [0.3, 0.4) is 0 Å². The largest absolute Gasteiger partial charge is 0.384 e. The highest BCUT2D eigenvalue weighted by molar-refractivity contribution is 5.95. The highest BCUT2D eigenvalue weighted by atomic mass is 16.5. The number of nitrogens with zero attached hydrogens (tertiary/aromatic N) is 1. The molecule has 1 saturated carbocycles. The summed E-state index contributed by atoms with van der Waals surface area (Å²) in [5, 5.41) is 6.07. The second-order valence-electron chi connectivity index (χ2n) is 5.59. The Morgan fingerprint density at radius 2 is 2.43 bits per heavy atom. The van der Waals surface area contributed by atoms with E-state index in [1.54, 1.807) is 32.5 Å². The average Bonchev–Trinajstić information content (AvgIpc) is 2.94. The Morgan fingerprint density at radius 1 is 1.57 bits per heavy atom. The molecule has 2 heterocycles. The zero-order chi connectivity index (χ0) is 14.8. The number of ether oxygens (including phenoxy) is 2. The molecule has 0 spiro atoms. The van der Waals surface area contributed by atoms with Gasteiger partial charge in [-0.25, -0.2) is 4.98 Å². The molecule has 1 amide bonds. The van der Waals surface area contributed by atoms with Gasteiger partial charge < -0.3 is 20.1 Å².